The Hall–Kier alpha value is -3.39. The van der Waals surface area contributed by atoms with Crippen LogP contribution in [0.5, 0.6) is 0 Å². The van der Waals surface area contributed by atoms with E-state index in [1.165, 1.54) is 22.3 Å². The number of nitrogens with two attached hydrogens (primary N) is 1. The van der Waals surface area contributed by atoms with Crippen LogP contribution in [-0.4, -0.2) is 43.4 Å². The van der Waals surface area contributed by atoms with Gasteiger partial charge in [-0.25, -0.2) is 14.3 Å². The lowest BCUT2D eigenvalue weighted by Gasteiger charge is -2.18. The lowest BCUT2D eigenvalue weighted by Crippen LogP contribution is -2.33. The van der Waals surface area contributed by atoms with Crippen LogP contribution in [0, 0.1) is 12.3 Å². The molecule has 3 heterocycles. The third kappa shape index (κ3) is 3.54. The van der Waals surface area contributed by atoms with Gasteiger partial charge in [-0.3, -0.25) is 14.2 Å². The molecule has 0 amide bonds. The number of fused-ring (bicyclic) bond motifs is 1. The zero-order valence-corrected chi connectivity index (χ0v) is 15.3. The monoisotopic (exact) mass is 389 g/mol. The van der Waals surface area contributed by atoms with Gasteiger partial charge in [-0.05, 0) is 0 Å². The van der Waals surface area contributed by atoms with Crippen molar-refractivity contribution in [2.24, 2.45) is 0 Å². The van der Waals surface area contributed by atoms with Crippen LogP contribution in [0.1, 0.15) is 32.9 Å². The number of ether oxygens (including phenoxy) is 3. The molecule has 11 heteroatoms. The van der Waals surface area contributed by atoms with E-state index in [9.17, 15) is 14.4 Å². The maximum atomic E-state index is 13.0. The number of nitrogen functional groups attached to an aromatic ring is 1. The maximum Gasteiger partial charge on any atom is 0.333 e. The first-order valence-electron chi connectivity index (χ1n) is 8.54. The molecule has 0 radical (unpaired) electrons. The number of carbonyl (C=O) groups is 2. The minimum atomic E-state index is -1.08. The molecule has 0 aromatic carbocycles. The van der Waals surface area contributed by atoms with E-state index in [2.05, 4.69) is 15.9 Å². The first-order valence-corrected chi connectivity index (χ1v) is 8.54. The Bertz CT molecular complexity index is 1020. The molecule has 1 saturated heterocycles. The number of rotatable bonds is 5. The molecule has 148 valence electrons. The molecule has 0 bridgehead atoms. The van der Waals surface area contributed by atoms with Crippen LogP contribution in [0.2, 0.25) is 0 Å². The Labute approximate surface area is 159 Å². The zero-order chi connectivity index (χ0) is 20.4. The number of carbonyl (C=O) groups excluding carboxylic acids is 2. The fourth-order valence-electron chi connectivity index (χ4n) is 3.00. The van der Waals surface area contributed by atoms with Crippen molar-refractivity contribution in [1.29, 1.82) is 0 Å². The number of esters is 2. The largest absolute Gasteiger partial charge is 0.457 e. The van der Waals surface area contributed by atoms with Crippen LogP contribution < -0.4 is 11.4 Å². The van der Waals surface area contributed by atoms with Crippen molar-refractivity contribution in [3.8, 4) is 12.3 Å². The molecule has 1 fully saturated rings. The highest BCUT2D eigenvalue weighted by molar-refractivity contribution is 5.72. The van der Waals surface area contributed by atoms with Gasteiger partial charge >= 0.3 is 17.6 Å². The Balaban J connectivity index is 2.10. The molecule has 3 atom stereocenters. The normalized spacial score (nSPS) is 21.4. The smallest absolute Gasteiger partial charge is 0.333 e. The third-order valence-corrected chi connectivity index (χ3v) is 4.13. The van der Waals surface area contributed by atoms with Gasteiger partial charge in [-0.15, -0.1) is 6.42 Å². The van der Waals surface area contributed by atoms with Crippen LogP contribution in [0.4, 0.5) is 5.95 Å². The third-order valence-electron chi connectivity index (χ3n) is 4.13. The molecule has 28 heavy (non-hydrogen) atoms. The van der Waals surface area contributed by atoms with Crippen LogP contribution in [0.25, 0.3) is 11.2 Å². The van der Waals surface area contributed by atoms with Crippen molar-refractivity contribution in [1.82, 2.24) is 19.1 Å². The van der Waals surface area contributed by atoms with E-state index >= 15 is 0 Å². The fraction of sp³-hybridized carbons (Fsp3) is 0.471. The van der Waals surface area contributed by atoms with Crippen molar-refractivity contribution in [2.45, 2.75) is 51.9 Å². The number of aromatic nitrogens is 4. The van der Waals surface area contributed by atoms with E-state index < -0.39 is 36.3 Å². The summed E-state index contributed by atoms with van der Waals surface area (Å²) in [7, 11) is 0. The topological polar surface area (TPSA) is 141 Å². The Kier molecular flexibility index (Phi) is 5.32. The van der Waals surface area contributed by atoms with E-state index in [-0.39, 0.29) is 31.0 Å². The molecule has 11 nitrogen and oxygen atoms in total. The van der Waals surface area contributed by atoms with Crippen LogP contribution >= 0.6 is 0 Å². The Morgan fingerprint density at radius 2 is 2.21 bits per heavy atom. The molecule has 2 N–H and O–H groups in total. The Morgan fingerprint density at radius 3 is 2.86 bits per heavy atom. The molecular weight excluding hydrogens is 370 g/mol. The number of anilines is 1. The summed E-state index contributed by atoms with van der Waals surface area (Å²) in [5.74, 6) is 1.27. The summed E-state index contributed by atoms with van der Waals surface area (Å²) >= 11 is 0. The summed E-state index contributed by atoms with van der Waals surface area (Å²) in [6.45, 7) is 2.83. The van der Waals surface area contributed by atoms with Gasteiger partial charge in [0.25, 0.3) is 0 Å². The molecule has 1 aliphatic rings. The molecule has 2 aromatic rings. The number of nitrogens with zero attached hydrogens (tertiary/aromatic N) is 4. The van der Waals surface area contributed by atoms with Gasteiger partial charge in [0.05, 0.1) is 19.2 Å². The summed E-state index contributed by atoms with van der Waals surface area (Å²) in [6, 6.07) is 0. The SMILES string of the molecule is C#CCn1c(=O)n([C@@H]2O[C@@H](OC(=O)CC)C[C@H]2OC(C)=O)c2nc(N)ncc21. The predicted molar refractivity (Wildman–Crippen MR) is 95.5 cm³/mol. The van der Waals surface area contributed by atoms with E-state index in [1.807, 2.05) is 0 Å². The second kappa shape index (κ2) is 7.69. The first-order chi connectivity index (χ1) is 13.3. The highest BCUT2D eigenvalue weighted by atomic mass is 16.7. The fourth-order valence-corrected chi connectivity index (χ4v) is 3.00. The second-order valence-electron chi connectivity index (χ2n) is 6.06. The summed E-state index contributed by atoms with van der Waals surface area (Å²) < 4.78 is 18.7. The summed E-state index contributed by atoms with van der Waals surface area (Å²) in [5, 5.41) is 0. The molecule has 2 aromatic heterocycles. The zero-order valence-electron chi connectivity index (χ0n) is 15.3. The minimum absolute atomic E-state index is 0.0329. The van der Waals surface area contributed by atoms with E-state index in [0.717, 1.165) is 0 Å². The highest BCUT2D eigenvalue weighted by Crippen LogP contribution is 2.33. The van der Waals surface area contributed by atoms with Gasteiger partial charge in [0.1, 0.15) is 5.52 Å². The van der Waals surface area contributed by atoms with Gasteiger partial charge in [0.15, 0.2) is 18.0 Å². The predicted octanol–water partition coefficient (Wildman–Crippen LogP) is -0.0617. The number of hydrogen-bond donors (Lipinski definition) is 1. The lowest BCUT2D eigenvalue weighted by atomic mass is 10.2. The quantitative estimate of drug-likeness (QED) is 0.550. The van der Waals surface area contributed by atoms with Gasteiger partial charge in [0, 0.05) is 13.3 Å². The molecule has 0 unspecified atom stereocenters. The molecule has 0 aliphatic carbocycles. The molecule has 0 saturated carbocycles. The lowest BCUT2D eigenvalue weighted by molar-refractivity contribution is -0.183. The molecule has 1 aliphatic heterocycles. The van der Waals surface area contributed by atoms with Crippen molar-refractivity contribution >= 4 is 29.1 Å². The molecule has 3 rings (SSSR count). The van der Waals surface area contributed by atoms with Crippen molar-refractivity contribution in [3.05, 3.63) is 16.7 Å². The first kappa shape index (κ1) is 19.4. The van der Waals surface area contributed by atoms with Gasteiger partial charge < -0.3 is 19.9 Å². The summed E-state index contributed by atoms with van der Waals surface area (Å²) in [5.41, 5.74) is 5.63. The van der Waals surface area contributed by atoms with Crippen molar-refractivity contribution < 1.29 is 23.8 Å². The summed E-state index contributed by atoms with van der Waals surface area (Å²) in [6.07, 6.45) is 3.98. The van der Waals surface area contributed by atoms with Crippen LogP contribution in [0.15, 0.2) is 11.0 Å². The van der Waals surface area contributed by atoms with E-state index in [1.54, 1.807) is 6.92 Å². The number of terminal acetylenes is 1. The molecular formula is C17H19N5O6. The number of hydrogen-bond acceptors (Lipinski definition) is 9. The molecule has 0 spiro atoms. The minimum Gasteiger partial charge on any atom is -0.457 e. The van der Waals surface area contributed by atoms with Crippen molar-refractivity contribution in [3.63, 3.8) is 0 Å². The number of imidazole rings is 1. The van der Waals surface area contributed by atoms with Gasteiger partial charge in [-0.2, -0.15) is 4.98 Å². The highest BCUT2D eigenvalue weighted by Gasteiger charge is 2.43. The average molecular weight is 389 g/mol. The van der Waals surface area contributed by atoms with E-state index in [4.69, 9.17) is 26.4 Å². The standard InChI is InChI=1S/C17H19N5O6/c1-4-6-21-10-8-19-16(18)20-14(10)22(17(21)25)15-11(26-9(3)23)7-13(28-15)27-12(24)5-2/h1,8,11,13,15H,5-7H2,2-3H3,(H2,18,19,20)/t11-,13-,15-/m1/s1. The van der Waals surface area contributed by atoms with Crippen LogP contribution in [0.3, 0.4) is 0 Å². The van der Waals surface area contributed by atoms with Gasteiger partial charge in [-0.1, -0.05) is 12.8 Å². The van der Waals surface area contributed by atoms with E-state index in [0.29, 0.717) is 5.52 Å². The Morgan fingerprint density at radius 1 is 1.46 bits per heavy atom. The second-order valence-corrected chi connectivity index (χ2v) is 6.06. The van der Waals surface area contributed by atoms with Gasteiger partial charge in [0.2, 0.25) is 12.2 Å². The summed E-state index contributed by atoms with van der Waals surface area (Å²) in [4.78, 5) is 44.1. The van der Waals surface area contributed by atoms with Crippen LogP contribution in [-0.2, 0) is 30.3 Å². The van der Waals surface area contributed by atoms with Crippen molar-refractivity contribution in [2.75, 3.05) is 5.73 Å². The maximum absolute atomic E-state index is 13.0. The average Bonchev–Trinajstić information content (AvgIpc) is 3.12.